The topological polar surface area (TPSA) is 83.8 Å². The van der Waals surface area contributed by atoms with Crippen molar-refractivity contribution in [1.29, 1.82) is 0 Å². The third-order valence-corrected chi connectivity index (χ3v) is 7.89. The van der Waals surface area contributed by atoms with Gasteiger partial charge in [0.05, 0.1) is 11.2 Å². The van der Waals surface area contributed by atoms with Gasteiger partial charge in [-0.25, -0.2) is 4.98 Å². The number of hydrogen-bond donors (Lipinski definition) is 2. The molecule has 5 heterocycles. The molecule has 0 amide bonds. The highest BCUT2D eigenvalue weighted by molar-refractivity contribution is 7.08. The van der Waals surface area contributed by atoms with Crippen LogP contribution in [0.5, 0.6) is 0 Å². The van der Waals surface area contributed by atoms with Gasteiger partial charge in [-0.3, -0.25) is 14.5 Å². The third kappa shape index (κ3) is 5.06. The molecule has 2 aromatic carbocycles. The summed E-state index contributed by atoms with van der Waals surface area (Å²) in [6, 6.07) is 23.2. The van der Waals surface area contributed by atoms with Crippen molar-refractivity contribution in [2.75, 3.05) is 23.7 Å². The van der Waals surface area contributed by atoms with E-state index in [9.17, 15) is 0 Å². The van der Waals surface area contributed by atoms with E-state index in [1.165, 1.54) is 5.56 Å². The number of rotatable bonds is 7. The molecule has 4 aromatic heterocycles. The van der Waals surface area contributed by atoms with Gasteiger partial charge < -0.3 is 10.6 Å². The minimum atomic E-state index is 0.320. The second kappa shape index (κ2) is 10.4. The number of pyridine rings is 1. The minimum absolute atomic E-state index is 0.320. The zero-order chi connectivity index (χ0) is 26.0. The van der Waals surface area contributed by atoms with Gasteiger partial charge in [-0.05, 0) is 54.1 Å². The van der Waals surface area contributed by atoms with Gasteiger partial charge >= 0.3 is 0 Å². The van der Waals surface area contributed by atoms with E-state index < -0.39 is 0 Å². The molecule has 7 rings (SSSR count). The zero-order valence-electron chi connectivity index (χ0n) is 21.4. The summed E-state index contributed by atoms with van der Waals surface area (Å²) in [6.07, 6.45) is 5.73. The van der Waals surface area contributed by atoms with Crippen molar-refractivity contribution in [3.05, 3.63) is 95.6 Å². The first-order valence-corrected chi connectivity index (χ1v) is 14.1. The fourth-order valence-electron chi connectivity index (χ4n) is 5.19. The van der Waals surface area contributed by atoms with Crippen LogP contribution in [0.4, 0.5) is 17.5 Å². The smallest absolute Gasteiger partial charge is 0.231 e. The number of fused-ring (bicyclic) bond motifs is 2. The Balaban J connectivity index is 1.16. The van der Waals surface area contributed by atoms with E-state index in [-0.39, 0.29) is 0 Å². The molecule has 9 heteroatoms. The van der Waals surface area contributed by atoms with Gasteiger partial charge in [0.25, 0.3) is 0 Å². The molecule has 1 aliphatic heterocycles. The Morgan fingerprint density at radius 3 is 2.67 bits per heavy atom. The lowest BCUT2D eigenvalue weighted by Gasteiger charge is -2.32. The number of benzene rings is 2. The van der Waals surface area contributed by atoms with Crippen molar-refractivity contribution >= 4 is 50.9 Å². The van der Waals surface area contributed by atoms with Crippen molar-refractivity contribution in [2.24, 2.45) is 0 Å². The molecule has 0 saturated carbocycles. The molecule has 8 nitrogen and oxygen atoms in total. The number of nitrogens with zero attached hydrogens (tertiary/aromatic N) is 6. The number of piperidine rings is 1. The van der Waals surface area contributed by atoms with Gasteiger partial charge in [0, 0.05) is 48.3 Å². The molecule has 1 saturated heterocycles. The fourth-order valence-corrected chi connectivity index (χ4v) is 5.82. The standard InChI is InChI=1S/C30H28N8S/c1-2-5-21(6-3-1)18-37-14-10-23(11-15-37)33-28-27-29(38(20-32-27)25-12-16-39-19-25)36-30(35-28)34-24-8-9-26-22(17-24)7-4-13-31-26/h1-9,12-13,16-17,19-20,23H,10-11,14-15,18H2,(H2,33,34,35,36). The number of likely N-dealkylation sites (tertiary alicyclic amines) is 1. The average Bonchev–Trinajstić information content (AvgIpc) is 3.65. The highest BCUT2D eigenvalue weighted by Crippen LogP contribution is 2.28. The Morgan fingerprint density at radius 1 is 0.923 bits per heavy atom. The molecule has 0 unspecified atom stereocenters. The van der Waals surface area contributed by atoms with Crippen molar-refractivity contribution in [3.63, 3.8) is 0 Å². The van der Waals surface area contributed by atoms with Gasteiger partial charge in [0.2, 0.25) is 5.95 Å². The summed E-state index contributed by atoms with van der Waals surface area (Å²) in [5.41, 5.74) is 5.83. The third-order valence-electron chi connectivity index (χ3n) is 7.22. The molecule has 0 atom stereocenters. The first kappa shape index (κ1) is 23.8. The molecule has 6 aromatic rings. The molecule has 194 valence electrons. The molecule has 0 radical (unpaired) electrons. The normalized spacial score (nSPS) is 14.7. The van der Waals surface area contributed by atoms with E-state index in [0.29, 0.717) is 12.0 Å². The average molecular weight is 533 g/mol. The quantitative estimate of drug-likeness (QED) is 0.252. The maximum atomic E-state index is 4.92. The van der Waals surface area contributed by atoms with Crippen LogP contribution in [-0.4, -0.2) is 48.5 Å². The van der Waals surface area contributed by atoms with Gasteiger partial charge in [0.15, 0.2) is 17.0 Å². The second-order valence-corrected chi connectivity index (χ2v) is 10.7. The highest BCUT2D eigenvalue weighted by Gasteiger charge is 2.22. The number of thiophene rings is 1. The van der Waals surface area contributed by atoms with Gasteiger partial charge in [-0.2, -0.15) is 21.3 Å². The summed E-state index contributed by atoms with van der Waals surface area (Å²) >= 11 is 1.65. The summed E-state index contributed by atoms with van der Waals surface area (Å²) in [6.45, 7) is 3.08. The van der Waals surface area contributed by atoms with Crippen LogP contribution < -0.4 is 10.6 Å². The van der Waals surface area contributed by atoms with Gasteiger partial charge in [-0.15, -0.1) is 0 Å². The molecule has 0 aliphatic carbocycles. The van der Waals surface area contributed by atoms with Crippen LogP contribution >= 0.6 is 11.3 Å². The number of hydrogen-bond acceptors (Lipinski definition) is 8. The predicted molar refractivity (Wildman–Crippen MR) is 158 cm³/mol. The molecular weight excluding hydrogens is 504 g/mol. The molecule has 2 N–H and O–H groups in total. The van der Waals surface area contributed by atoms with Crippen LogP contribution in [0.2, 0.25) is 0 Å². The maximum Gasteiger partial charge on any atom is 0.231 e. The predicted octanol–water partition coefficient (Wildman–Crippen LogP) is 6.25. The van der Waals surface area contributed by atoms with Crippen molar-refractivity contribution < 1.29 is 0 Å². The monoisotopic (exact) mass is 532 g/mol. The summed E-state index contributed by atoms with van der Waals surface area (Å²) in [5, 5.41) is 12.4. The van der Waals surface area contributed by atoms with E-state index in [0.717, 1.165) is 71.7 Å². The highest BCUT2D eigenvalue weighted by atomic mass is 32.1. The minimum Gasteiger partial charge on any atom is -0.365 e. The van der Waals surface area contributed by atoms with Crippen LogP contribution in [0.1, 0.15) is 18.4 Å². The Kier molecular flexibility index (Phi) is 6.36. The Bertz CT molecular complexity index is 1710. The number of aromatic nitrogens is 5. The molecule has 0 bridgehead atoms. The Hall–Kier alpha value is -4.34. The van der Waals surface area contributed by atoms with E-state index in [1.807, 2.05) is 35.3 Å². The van der Waals surface area contributed by atoms with Crippen molar-refractivity contribution in [3.8, 4) is 5.69 Å². The number of imidazole rings is 1. The van der Waals surface area contributed by atoms with E-state index >= 15 is 0 Å². The second-order valence-electron chi connectivity index (χ2n) is 9.88. The van der Waals surface area contributed by atoms with Crippen LogP contribution in [0.3, 0.4) is 0 Å². The summed E-state index contributed by atoms with van der Waals surface area (Å²) in [7, 11) is 0. The first-order chi connectivity index (χ1) is 19.3. The van der Waals surface area contributed by atoms with Crippen LogP contribution in [0.15, 0.2) is 90.0 Å². The zero-order valence-corrected chi connectivity index (χ0v) is 22.2. The van der Waals surface area contributed by atoms with Crippen molar-refractivity contribution in [2.45, 2.75) is 25.4 Å². The molecule has 1 fully saturated rings. The first-order valence-electron chi connectivity index (χ1n) is 13.2. The lowest BCUT2D eigenvalue weighted by molar-refractivity contribution is 0.211. The summed E-state index contributed by atoms with van der Waals surface area (Å²) in [4.78, 5) is 21.5. The summed E-state index contributed by atoms with van der Waals surface area (Å²) < 4.78 is 2.02. The van der Waals surface area contributed by atoms with Gasteiger partial charge in [-0.1, -0.05) is 36.4 Å². The SMILES string of the molecule is c1ccc(CN2CCC(Nc3nc(Nc4ccc5ncccc5c4)nc4c3ncn4-c3ccsc3)CC2)cc1. The van der Waals surface area contributed by atoms with Gasteiger partial charge in [0.1, 0.15) is 6.33 Å². The fraction of sp³-hybridized carbons (Fsp3) is 0.200. The summed E-state index contributed by atoms with van der Waals surface area (Å²) in [5.74, 6) is 1.30. The molecule has 0 spiro atoms. The van der Waals surface area contributed by atoms with Crippen LogP contribution in [0.25, 0.3) is 27.8 Å². The largest absolute Gasteiger partial charge is 0.365 e. The van der Waals surface area contributed by atoms with Crippen LogP contribution in [-0.2, 0) is 6.54 Å². The molecule has 1 aliphatic rings. The maximum absolute atomic E-state index is 4.92. The lowest BCUT2D eigenvalue weighted by atomic mass is 10.0. The Labute approximate surface area is 230 Å². The number of nitrogens with one attached hydrogen (secondary N) is 2. The molecular formula is C30H28N8S. The van der Waals surface area contributed by atoms with Crippen molar-refractivity contribution in [1.82, 2.24) is 29.4 Å². The van der Waals surface area contributed by atoms with E-state index in [2.05, 4.69) is 79.8 Å². The molecule has 39 heavy (non-hydrogen) atoms. The Morgan fingerprint density at radius 2 is 1.82 bits per heavy atom. The number of anilines is 3. The van der Waals surface area contributed by atoms with E-state index in [4.69, 9.17) is 15.0 Å². The van der Waals surface area contributed by atoms with Crippen LogP contribution in [0, 0.1) is 0 Å². The lowest BCUT2D eigenvalue weighted by Crippen LogP contribution is -2.38. The van der Waals surface area contributed by atoms with E-state index in [1.54, 1.807) is 11.3 Å².